The molecule has 0 radical (unpaired) electrons. The van der Waals surface area contributed by atoms with E-state index < -0.39 is 6.04 Å². The van der Waals surface area contributed by atoms with E-state index in [4.69, 9.17) is 11.6 Å². The molecule has 0 bridgehead atoms. The lowest BCUT2D eigenvalue weighted by molar-refractivity contribution is -0.116. The summed E-state index contributed by atoms with van der Waals surface area (Å²) in [6.07, 6.45) is 1.94. The molecule has 0 saturated heterocycles. The SMILES string of the molecule is O=C1CCCC2=C1C(c1ccccc1F)n1nc(-c3ccccc3Cl)nc1N2. The van der Waals surface area contributed by atoms with Crippen LogP contribution in [0, 0.1) is 5.82 Å². The van der Waals surface area contributed by atoms with Gasteiger partial charge in [-0.2, -0.15) is 4.98 Å². The maximum atomic E-state index is 14.7. The van der Waals surface area contributed by atoms with Gasteiger partial charge in [0.1, 0.15) is 11.9 Å². The molecule has 1 atom stereocenters. The molecule has 2 heterocycles. The monoisotopic (exact) mass is 394 g/mol. The quantitative estimate of drug-likeness (QED) is 0.680. The normalized spacial score (nSPS) is 18.5. The predicted octanol–water partition coefficient (Wildman–Crippen LogP) is 4.76. The number of halogens is 2. The fourth-order valence-corrected chi connectivity index (χ4v) is 4.12. The molecular formula is C21H16ClFN4O. The van der Waals surface area contributed by atoms with Crippen molar-refractivity contribution in [2.75, 3.05) is 5.32 Å². The highest BCUT2D eigenvalue weighted by Gasteiger charge is 2.38. The number of rotatable bonds is 2. The number of fused-ring (bicyclic) bond motifs is 1. The van der Waals surface area contributed by atoms with Gasteiger partial charge in [-0.25, -0.2) is 9.07 Å². The first-order valence-corrected chi connectivity index (χ1v) is 9.50. The number of aromatic nitrogens is 3. The van der Waals surface area contributed by atoms with E-state index in [1.807, 2.05) is 18.2 Å². The highest BCUT2D eigenvalue weighted by molar-refractivity contribution is 6.33. The Morgan fingerprint density at radius 3 is 2.71 bits per heavy atom. The lowest BCUT2D eigenvalue weighted by Gasteiger charge is -2.32. The standard InChI is InChI=1S/C21H16ClFN4O/c22-14-8-3-1-6-12(14)20-25-21-24-16-10-5-11-17(28)18(16)19(27(21)26-20)13-7-2-4-9-15(13)23/h1-4,6-9,19H,5,10-11H2,(H,24,25,26). The van der Waals surface area contributed by atoms with Crippen LogP contribution in [0.1, 0.15) is 30.9 Å². The van der Waals surface area contributed by atoms with Crippen molar-refractivity contribution in [2.45, 2.75) is 25.3 Å². The zero-order chi connectivity index (χ0) is 19.3. The molecule has 2 aromatic carbocycles. The first-order valence-electron chi connectivity index (χ1n) is 9.12. The Kier molecular flexibility index (Phi) is 4.02. The van der Waals surface area contributed by atoms with Crippen LogP contribution in [0.3, 0.4) is 0 Å². The third-order valence-electron chi connectivity index (χ3n) is 5.18. The number of nitrogens with zero attached hydrogens (tertiary/aromatic N) is 3. The average molecular weight is 395 g/mol. The van der Waals surface area contributed by atoms with Gasteiger partial charge >= 0.3 is 0 Å². The Morgan fingerprint density at radius 1 is 1.11 bits per heavy atom. The Bertz CT molecular complexity index is 1140. The van der Waals surface area contributed by atoms with Crippen LogP contribution in [-0.2, 0) is 4.79 Å². The fraction of sp³-hybridized carbons (Fsp3) is 0.190. The predicted molar refractivity (Wildman–Crippen MR) is 105 cm³/mol. The smallest absolute Gasteiger partial charge is 0.226 e. The van der Waals surface area contributed by atoms with Gasteiger partial charge in [0.25, 0.3) is 0 Å². The maximum absolute atomic E-state index is 14.7. The molecule has 28 heavy (non-hydrogen) atoms. The first-order chi connectivity index (χ1) is 13.6. The lowest BCUT2D eigenvalue weighted by Crippen LogP contribution is -2.32. The Hall–Kier alpha value is -2.99. The number of anilines is 1. The molecule has 0 saturated carbocycles. The number of hydrogen-bond acceptors (Lipinski definition) is 4. The van der Waals surface area contributed by atoms with Crippen molar-refractivity contribution in [1.82, 2.24) is 14.8 Å². The van der Waals surface area contributed by atoms with E-state index in [9.17, 15) is 9.18 Å². The summed E-state index contributed by atoms with van der Waals surface area (Å²) in [5.74, 6) is 0.557. The molecular weight excluding hydrogens is 379 g/mol. The molecule has 5 nitrogen and oxygen atoms in total. The molecule has 1 aliphatic carbocycles. The number of hydrogen-bond donors (Lipinski definition) is 1. The summed E-state index contributed by atoms with van der Waals surface area (Å²) in [5.41, 5.74) is 2.46. The van der Waals surface area contributed by atoms with Crippen molar-refractivity contribution in [2.24, 2.45) is 0 Å². The summed E-state index contributed by atoms with van der Waals surface area (Å²) < 4.78 is 16.3. The zero-order valence-electron chi connectivity index (χ0n) is 14.8. The molecule has 1 N–H and O–H groups in total. The van der Waals surface area contributed by atoms with Crippen molar-refractivity contribution in [3.05, 3.63) is 76.2 Å². The van der Waals surface area contributed by atoms with Crippen LogP contribution in [0.25, 0.3) is 11.4 Å². The minimum atomic E-state index is -0.649. The van der Waals surface area contributed by atoms with Gasteiger partial charge in [-0.05, 0) is 31.0 Å². The largest absolute Gasteiger partial charge is 0.328 e. The summed E-state index contributed by atoms with van der Waals surface area (Å²) in [5, 5.41) is 8.38. The highest BCUT2D eigenvalue weighted by Crippen LogP contribution is 2.41. The molecule has 0 fully saturated rings. The van der Waals surface area contributed by atoms with Gasteiger partial charge < -0.3 is 5.32 Å². The molecule has 1 aliphatic heterocycles. The van der Waals surface area contributed by atoms with Gasteiger partial charge in [-0.15, -0.1) is 5.10 Å². The molecule has 140 valence electrons. The molecule has 0 amide bonds. The topological polar surface area (TPSA) is 59.8 Å². The molecule has 3 aromatic rings. The number of ketones is 1. The summed E-state index contributed by atoms with van der Waals surface area (Å²) in [7, 11) is 0. The second kappa shape index (κ2) is 6.56. The van der Waals surface area contributed by atoms with Gasteiger partial charge in [0.2, 0.25) is 5.95 Å². The number of allylic oxidation sites excluding steroid dienone is 2. The van der Waals surface area contributed by atoms with E-state index in [1.165, 1.54) is 6.07 Å². The number of carbonyl (C=O) groups excluding carboxylic acids is 1. The van der Waals surface area contributed by atoms with Gasteiger partial charge in [0, 0.05) is 28.8 Å². The second-order valence-corrected chi connectivity index (χ2v) is 7.31. The maximum Gasteiger partial charge on any atom is 0.226 e. The molecule has 1 unspecified atom stereocenters. The summed E-state index contributed by atoms with van der Waals surface area (Å²) >= 11 is 6.31. The Labute approximate surface area is 165 Å². The van der Waals surface area contributed by atoms with E-state index in [1.54, 1.807) is 28.9 Å². The van der Waals surface area contributed by atoms with Crippen LogP contribution in [0.2, 0.25) is 5.02 Å². The van der Waals surface area contributed by atoms with E-state index in [0.29, 0.717) is 39.9 Å². The van der Waals surface area contributed by atoms with Crippen molar-refractivity contribution >= 4 is 23.3 Å². The third-order valence-corrected chi connectivity index (χ3v) is 5.51. The number of carbonyl (C=O) groups is 1. The van der Waals surface area contributed by atoms with Gasteiger partial charge in [0.05, 0.1) is 5.02 Å². The van der Waals surface area contributed by atoms with E-state index in [-0.39, 0.29) is 11.6 Å². The minimum Gasteiger partial charge on any atom is -0.328 e. The lowest BCUT2D eigenvalue weighted by atomic mass is 9.85. The minimum absolute atomic E-state index is 0.0162. The van der Waals surface area contributed by atoms with Crippen LogP contribution < -0.4 is 5.32 Å². The number of nitrogens with one attached hydrogen (secondary N) is 1. The van der Waals surface area contributed by atoms with Crippen molar-refractivity contribution in [3.63, 3.8) is 0 Å². The molecule has 0 spiro atoms. The zero-order valence-corrected chi connectivity index (χ0v) is 15.6. The van der Waals surface area contributed by atoms with E-state index >= 15 is 0 Å². The average Bonchev–Trinajstić information content (AvgIpc) is 3.11. The van der Waals surface area contributed by atoms with Gasteiger partial charge in [0.15, 0.2) is 11.6 Å². The van der Waals surface area contributed by atoms with Crippen LogP contribution >= 0.6 is 11.6 Å². The number of Topliss-reactive ketones (excluding diaryl/α,β-unsaturated/α-hetero) is 1. The van der Waals surface area contributed by atoms with E-state index in [0.717, 1.165) is 18.5 Å². The fourth-order valence-electron chi connectivity index (χ4n) is 3.90. The van der Waals surface area contributed by atoms with Crippen LogP contribution in [-0.4, -0.2) is 20.5 Å². The summed E-state index contributed by atoms with van der Waals surface area (Å²) in [6, 6.07) is 13.1. The van der Waals surface area contributed by atoms with E-state index in [2.05, 4.69) is 15.4 Å². The van der Waals surface area contributed by atoms with Crippen LogP contribution in [0.15, 0.2) is 59.8 Å². The summed E-state index contributed by atoms with van der Waals surface area (Å²) in [4.78, 5) is 17.4. The number of benzene rings is 2. The third kappa shape index (κ3) is 2.64. The van der Waals surface area contributed by atoms with Crippen molar-refractivity contribution in [1.29, 1.82) is 0 Å². The van der Waals surface area contributed by atoms with Crippen LogP contribution in [0.5, 0.6) is 0 Å². The Morgan fingerprint density at radius 2 is 1.89 bits per heavy atom. The molecule has 5 rings (SSSR count). The van der Waals surface area contributed by atoms with Gasteiger partial charge in [-0.3, -0.25) is 4.79 Å². The molecule has 7 heteroatoms. The highest BCUT2D eigenvalue weighted by atomic mass is 35.5. The Balaban J connectivity index is 1.72. The van der Waals surface area contributed by atoms with Crippen molar-refractivity contribution in [3.8, 4) is 11.4 Å². The molecule has 2 aliphatic rings. The van der Waals surface area contributed by atoms with Gasteiger partial charge in [-0.1, -0.05) is 41.9 Å². The molecule has 1 aromatic heterocycles. The first kappa shape index (κ1) is 17.1. The van der Waals surface area contributed by atoms with Crippen LogP contribution in [0.4, 0.5) is 10.3 Å². The van der Waals surface area contributed by atoms with Crippen molar-refractivity contribution < 1.29 is 9.18 Å². The second-order valence-electron chi connectivity index (χ2n) is 6.90. The summed E-state index contributed by atoms with van der Waals surface area (Å²) in [6.45, 7) is 0.